The SMILES string of the molecule is CCCC[C@@H](CCO)NC(=N)c1c(N)ccn1Cc1c(OC)cccc1OC. The lowest BCUT2D eigenvalue weighted by atomic mass is 10.1. The van der Waals surface area contributed by atoms with Crippen molar-refractivity contribution in [2.75, 3.05) is 26.6 Å². The molecule has 2 aromatic rings. The zero-order chi connectivity index (χ0) is 20.5. The van der Waals surface area contributed by atoms with Crippen molar-refractivity contribution in [3.05, 3.63) is 41.7 Å². The fourth-order valence-electron chi connectivity index (χ4n) is 3.33. The highest BCUT2D eigenvalue weighted by atomic mass is 16.5. The standard InChI is InChI=1S/C21H32N4O3/c1-4-5-7-15(11-13-26)24-21(23)20-17(22)10-12-25(20)14-16-18(27-2)8-6-9-19(16)28-3/h6,8-10,12,15,26H,4-5,7,11,13-14,22H2,1-3H3,(H2,23,24)/t15-/m0/s1. The summed E-state index contributed by atoms with van der Waals surface area (Å²) in [7, 11) is 3.25. The monoisotopic (exact) mass is 388 g/mol. The Morgan fingerprint density at radius 1 is 1.21 bits per heavy atom. The quantitative estimate of drug-likeness (QED) is 0.350. The molecule has 154 valence electrons. The predicted octanol–water partition coefficient (Wildman–Crippen LogP) is 2.99. The number of nitrogens with two attached hydrogens (primary N) is 1. The van der Waals surface area contributed by atoms with Crippen LogP contribution in [0.15, 0.2) is 30.5 Å². The van der Waals surface area contributed by atoms with Crippen LogP contribution in [0.3, 0.4) is 0 Å². The third-order valence-electron chi connectivity index (χ3n) is 4.82. The molecule has 1 atom stereocenters. The number of nitrogens with zero attached hydrogens (tertiary/aromatic N) is 1. The minimum absolute atomic E-state index is 0.0426. The Hall–Kier alpha value is -2.67. The summed E-state index contributed by atoms with van der Waals surface area (Å²) >= 11 is 0. The van der Waals surface area contributed by atoms with E-state index in [0.717, 1.165) is 36.3 Å². The van der Waals surface area contributed by atoms with Crippen LogP contribution in [0.1, 0.15) is 43.9 Å². The number of aromatic nitrogens is 1. The zero-order valence-corrected chi connectivity index (χ0v) is 17.0. The first-order valence-electron chi connectivity index (χ1n) is 9.66. The van der Waals surface area contributed by atoms with Gasteiger partial charge in [0.25, 0.3) is 0 Å². The van der Waals surface area contributed by atoms with E-state index in [0.29, 0.717) is 24.3 Å². The molecule has 0 saturated carbocycles. The van der Waals surface area contributed by atoms with Gasteiger partial charge in [0, 0.05) is 18.8 Å². The Balaban J connectivity index is 2.27. The maximum Gasteiger partial charge on any atom is 0.144 e. The number of methoxy groups -OCH3 is 2. The lowest BCUT2D eigenvalue weighted by Crippen LogP contribution is -2.37. The first-order valence-corrected chi connectivity index (χ1v) is 9.66. The van der Waals surface area contributed by atoms with Crippen LogP contribution in [0.25, 0.3) is 0 Å². The van der Waals surface area contributed by atoms with Gasteiger partial charge in [0.15, 0.2) is 0 Å². The number of anilines is 1. The smallest absolute Gasteiger partial charge is 0.144 e. The molecular formula is C21H32N4O3. The number of benzene rings is 1. The van der Waals surface area contributed by atoms with E-state index in [2.05, 4.69) is 12.2 Å². The van der Waals surface area contributed by atoms with Gasteiger partial charge in [0.2, 0.25) is 0 Å². The van der Waals surface area contributed by atoms with Crippen LogP contribution >= 0.6 is 0 Å². The van der Waals surface area contributed by atoms with E-state index in [1.54, 1.807) is 20.3 Å². The number of aliphatic hydroxyl groups excluding tert-OH is 1. The molecule has 0 aliphatic carbocycles. The predicted molar refractivity (Wildman–Crippen MR) is 112 cm³/mol. The highest BCUT2D eigenvalue weighted by molar-refractivity contribution is 5.99. The molecule has 0 unspecified atom stereocenters. The molecule has 0 bridgehead atoms. The highest BCUT2D eigenvalue weighted by Gasteiger charge is 2.18. The van der Waals surface area contributed by atoms with Crippen molar-refractivity contribution in [1.82, 2.24) is 9.88 Å². The molecule has 5 N–H and O–H groups in total. The summed E-state index contributed by atoms with van der Waals surface area (Å²) in [6.07, 6.45) is 5.48. The Morgan fingerprint density at radius 2 is 1.89 bits per heavy atom. The van der Waals surface area contributed by atoms with Gasteiger partial charge in [-0.3, -0.25) is 5.41 Å². The van der Waals surface area contributed by atoms with Crippen molar-refractivity contribution >= 4 is 11.5 Å². The van der Waals surface area contributed by atoms with Gasteiger partial charge < -0.3 is 30.2 Å². The van der Waals surface area contributed by atoms with E-state index in [9.17, 15) is 5.11 Å². The molecule has 1 heterocycles. The summed E-state index contributed by atoms with van der Waals surface area (Å²) in [6, 6.07) is 7.48. The average molecular weight is 389 g/mol. The van der Waals surface area contributed by atoms with Crippen LogP contribution in [0.2, 0.25) is 0 Å². The average Bonchev–Trinajstić information content (AvgIpc) is 3.06. The number of nitrogens with one attached hydrogen (secondary N) is 2. The number of unbranched alkanes of at least 4 members (excludes halogenated alkanes) is 1. The highest BCUT2D eigenvalue weighted by Crippen LogP contribution is 2.30. The van der Waals surface area contributed by atoms with Crippen molar-refractivity contribution in [3.8, 4) is 11.5 Å². The number of rotatable bonds is 11. The normalized spacial score (nSPS) is 11.9. The first kappa shape index (κ1) is 21.6. The maximum atomic E-state index is 9.33. The number of nitrogen functional groups attached to an aromatic ring is 1. The van der Waals surface area contributed by atoms with Crippen molar-refractivity contribution < 1.29 is 14.6 Å². The fraction of sp³-hybridized carbons (Fsp3) is 0.476. The molecule has 28 heavy (non-hydrogen) atoms. The van der Waals surface area contributed by atoms with Crippen molar-refractivity contribution in [2.45, 2.75) is 45.2 Å². The summed E-state index contributed by atoms with van der Waals surface area (Å²) in [5.74, 6) is 1.70. The molecule has 0 saturated heterocycles. The van der Waals surface area contributed by atoms with Crippen molar-refractivity contribution in [1.29, 1.82) is 5.41 Å². The molecule has 7 nitrogen and oxygen atoms in total. The number of hydrogen-bond acceptors (Lipinski definition) is 5. The Bertz CT molecular complexity index is 751. The molecule has 0 aliphatic heterocycles. The van der Waals surface area contributed by atoms with Crippen molar-refractivity contribution in [3.63, 3.8) is 0 Å². The van der Waals surface area contributed by atoms with Gasteiger partial charge in [-0.1, -0.05) is 25.8 Å². The number of amidine groups is 1. The van der Waals surface area contributed by atoms with Gasteiger partial charge in [-0.15, -0.1) is 0 Å². The van der Waals surface area contributed by atoms with Gasteiger partial charge in [0.1, 0.15) is 23.0 Å². The second-order valence-corrected chi connectivity index (χ2v) is 6.76. The van der Waals surface area contributed by atoms with Crippen LogP contribution in [0.5, 0.6) is 11.5 Å². The maximum absolute atomic E-state index is 9.33. The van der Waals surface area contributed by atoms with Gasteiger partial charge in [-0.05, 0) is 31.0 Å². The minimum Gasteiger partial charge on any atom is -0.496 e. The second kappa shape index (κ2) is 10.6. The molecule has 0 spiro atoms. The Labute approximate surface area is 167 Å². The van der Waals surface area contributed by atoms with E-state index >= 15 is 0 Å². The molecule has 0 radical (unpaired) electrons. The molecular weight excluding hydrogens is 356 g/mol. The molecule has 2 rings (SSSR count). The Morgan fingerprint density at radius 3 is 2.46 bits per heavy atom. The summed E-state index contributed by atoms with van der Waals surface area (Å²) < 4.78 is 12.9. The van der Waals surface area contributed by atoms with Crippen LogP contribution in [-0.4, -0.2) is 42.4 Å². The van der Waals surface area contributed by atoms with Crippen LogP contribution in [0, 0.1) is 5.41 Å². The minimum atomic E-state index is 0.0426. The lowest BCUT2D eigenvalue weighted by molar-refractivity contribution is 0.266. The largest absolute Gasteiger partial charge is 0.496 e. The van der Waals surface area contributed by atoms with Crippen LogP contribution in [-0.2, 0) is 6.54 Å². The number of hydrogen-bond donors (Lipinski definition) is 4. The first-order chi connectivity index (χ1) is 13.5. The van der Waals surface area contributed by atoms with Gasteiger partial charge in [0.05, 0.1) is 32.0 Å². The van der Waals surface area contributed by atoms with E-state index in [1.807, 2.05) is 29.0 Å². The van der Waals surface area contributed by atoms with E-state index in [-0.39, 0.29) is 18.5 Å². The van der Waals surface area contributed by atoms with E-state index in [1.165, 1.54) is 0 Å². The summed E-state index contributed by atoms with van der Waals surface area (Å²) in [4.78, 5) is 0. The molecule has 0 fully saturated rings. The zero-order valence-electron chi connectivity index (χ0n) is 17.0. The summed E-state index contributed by atoms with van der Waals surface area (Å²) in [5, 5.41) is 21.1. The Kier molecular flexibility index (Phi) is 8.19. The number of ether oxygens (including phenoxy) is 2. The van der Waals surface area contributed by atoms with Gasteiger partial charge in [-0.25, -0.2) is 0 Å². The molecule has 1 aromatic carbocycles. The molecule has 1 aromatic heterocycles. The molecule has 0 amide bonds. The molecule has 0 aliphatic rings. The van der Waals surface area contributed by atoms with Crippen LogP contribution in [0.4, 0.5) is 5.69 Å². The third-order valence-corrected chi connectivity index (χ3v) is 4.82. The van der Waals surface area contributed by atoms with E-state index in [4.69, 9.17) is 20.6 Å². The summed E-state index contributed by atoms with van der Waals surface area (Å²) in [5.41, 5.74) is 8.21. The number of aliphatic hydroxyl groups is 1. The summed E-state index contributed by atoms with van der Waals surface area (Å²) in [6.45, 7) is 2.68. The van der Waals surface area contributed by atoms with Crippen molar-refractivity contribution in [2.24, 2.45) is 0 Å². The lowest BCUT2D eigenvalue weighted by Gasteiger charge is -2.21. The topological polar surface area (TPSA) is 106 Å². The van der Waals surface area contributed by atoms with Gasteiger partial charge >= 0.3 is 0 Å². The van der Waals surface area contributed by atoms with Gasteiger partial charge in [-0.2, -0.15) is 0 Å². The third kappa shape index (κ3) is 5.19. The van der Waals surface area contributed by atoms with Crippen LogP contribution < -0.4 is 20.5 Å². The fourth-order valence-corrected chi connectivity index (χ4v) is 3.33. The molecule has 7 heteroatoms. The van der Waals surface area contributed by atoms with E-state index < -0.39 is 0 Å². The second-order valence-electron chi connectivity index (χ2n) is 6.76.